The molecule has 3 heterocycles. The van der Waals surface area contributed by atoms with Crippen LogP contribution >= 0.6 is 0 Å². The number of rotatable bonds is 14. The highest BCUT2D eigenvalue weighted by molar-refractivity contribution is 5.75. The van der Waals surface area contributed by atoms with Gasteiger partial charge in [0.2, 0.25) is 5.65 Å². The Hall–Kier alpha value is -3.88. The predicted molar refractivity (Wildman–Crippen MR) is 146 cm³/mol. The second-order valence-electron chi connectivity index (χ2n) is 8.75. The Bertz CT molecular complexity index is 1210. The number of imidazole rings is 1. The summed E-state index contributed by atoms with van der Waals surface area (Å²) in [6.07, 6.45) is 14.0. The minimum Gasteiger partial charge on any atom is -0.494 e. The lowest BCUT2D eigenvalue weighted by molar-refractivity contribution is 0.177. The molecule has 9 nitrogen and oxygen atoms in total. The van der Waals surface area contributed by atoms with Crippen LogP contribution in [0, 0.1) is 0 Å². The van der Waals surface area contributed by atoms with Crippen molar-refractivity contribution in [3.63, 3.8) is 0 Å². The summed E-state index contributed by atoms with van der Waals surface area (Å²) in [6.45, 7) is 14.6. The molecule has 0 fully saturated rings. The van der Waals surface area contributed by atoms with Crippen molar-refractivity contribution in [3.8, 4) is 22.9 Å². The summed E-state index contributed by atoms with van der Waals surface area (Å²) < 4.78 is 13.4. The Balaban J connectivity index is 1.95. The van der Waals surface area contributed by atoms with E-state index in [4.69, 9.17) is 14.5 Å². The van der Waals surface area contributed by atoms with Crippen molar-refractivity contribution < 1.29 is 14.3 Å². The normalized spacial score (nSPS) is 12.5. The molecule has 0 bridgehead atoms. The van der Waals surface area contributed by atoms with Crippen LogP contribution in [0.4, 0.5) is 4.79 Å². The summed E-state index contributed by atoms with van der Waals surface area (Å²) in [5.74, 6) is 0.998. The first-order chi connectivity index (χ1) is 18.0. The van der Waals surface area contributed by atoms with E-state index in [1.54, 1.807) is 30.5 Å². The number of hydrogen-bond acceptors (Lipinski definition) is 6. The molecule has 2 atom stereocenters. The minimum absolute atomic E-state index is 0.0567. The Labute approximate surface area is 219 Å². The largest absolute Gasteiger partial charge is 0.494 e. The quantitative estimate of drug-likeness (QED) is 0.226. The summed E-state index contributed by atoms with van der Waals surface area (Å²) in [6, 6.07) is 1.58. The molecule has 2 amide bonds. The van der Waals surface area contributed by atoms with Gasteiger partial charge in [0.1, 0.15) is 5.75 Å². The van der Waals surface area contributed by atoms with E-state index in [9.17, 15) is 4.79 Å². The zero-order valence-electron chi connectivity index (χ0n) is 22.3. The number of nitrogens with one attached hydrogen (secondary N) is 1. The van der Waals surface area contributed by atoms with Gasteiger partial charge in [-0.15, -0.1) is 13.2 Å². The molecule has 9 heteroatoms. The Morgan fingerprint density at radius 3 is 2.76 bits per heavy atom. The lowest BCUT2D eigenvalue weighted by atomic mass is 10.1. The smallest absolute Gasteiger partial charge is 0.318 e. The monoisotopic (exact) mass is 506 g/mol. The number of amides is 2. The standard InChI is InChI=1S/C28H38N6O3/c1-7-11-16-37-27-26-29-14-15-33(26)19-24(32-27)22-17-23(30-18-25(22)36-6)20(5)34(10-4)28(35)31-21(12-8-2)13-9-3/h7-8,14-15,17-21H,1-2,9-13,16H2,3-6H3,(H,31,35)/t20-,21?/m1/s1. The van der Waals surface area contributed by atoms with Crippen LogP contribution in [0.3, 0.4) is 0 Å². The van der Waals surface area contributed by atoms with Gasteiger partial charge in [0.25, 0.3) is 5.88 Å². The molecule has 0 spiro atoms. The van der Waals surface area contributed by atoms with E-state index in [-0.39, 0.29) is 18.1 Å². The molecule has 1 unspecified atom stereocenters. The molecule has 0 aliphatic rings. The predicted octanol–water partition coefficient (Wildman–Crippen LogP) is 5.59. The number of carbonyl (C=O) groups is 1. The number of fused-ring (bicyclic) bond motifs is 1. The van der Waals surface area contributed by atoms with E-state index in [0.29, 0.717) is 42.5 Å². The third kappa shape index (κ3) is 6.67. The van der Waals surface area contributed by atoms with Crippen molar-refractivity contribution in [2.24, 2.45) is 0 Å². The Kier molecular flexibility index (Phi) is 10.1. The second kappa shape index (κ2) is 13.4. The fraction of sp³-hybridized carbons (Fsp3) is 0.429. The fourth-order valence-corrected chi connectivity index (χ4v) is 4.23. The number of pyridine rings is 1. The molecule has 3 rings (SSSR count). The van der Waals surface area contributed by atoms with Crippen molar-refractivity contribution in [1.29, 1.82) is 0 Å². The van der Waals surface area contributed by atoms with E-state index in [2.05, 4.69) is 35.4 Å². The van der Waals surface area contributed by atoms with Gasteiger partial charge in [-0.2, -0.15) is 0 Å². The molecule has 0 radical (unpaired) electrons. The van der Waals surface area contributed by atoms with Crippen LogP contribution in [-0.2, 0) is 0 Å². The number of nitrogens with zero attached hydrogens (tertiary/aromatic N) is 5. The van der Waals surface area contributed by atoms with Crippen molar-refractivity contribution in [2.45, 2.75) is 58.5 Å². The maximum atomic E-state index is 13.2. The summed E-state index contributed by atoms with van der Waals surface area (Å²) >= 11 is 0. The third-order valence-corrected chi connectivity index (χ3v) is 6.20. The van der Waals surface area contributed by atoms with Gasteiger partial charge in [-0.1, -0.05) is 25.5 Å². The highest BCUT2D eigenvalue weighted by Crippen LogP contribution is 2.33. The highest BCUT2D eigenvalue weighted by atomic mass is 16.5. The summed E-state index contributed by atoms with van der Waals surface area (Å²) in [5, 5.41) is 3.16. The molecule has 198 valence electrons. The molecular weight excluding hydrogens is 468 g/mol. The highest BCUT2D eigenvalue weighted by Gasteiger charge is 2.24. The maximum Gasteiger partial charge on any atom is 0.318 e. The first-order valence-electron chi connectivity index (χ1n) is 12.8. The van der Waals surface area contributed by atoms with Crippen LogP contribution in [0.1, 0.15) is 58.2 Å². The van der Waals surface area contributed by atoms with Crippen LogP contribution in [0.15, 0.2) is 56.2 Å². The van der Waals surface area contributed by atoms with E-state index in [0.717, 1.165) is 30.5 Å². The van der Waals surface area contributed by atoms with E-state index in [1.165, 1.54) is 0 Å². The van der Waals surface area contributed by atoms with E-state index < -0.39 is 0 Å². The van der Waals surface area contributed by atoms with Crippen molar-refractivity contribution in [2.75, 3.05) is 20.3 Å². The summed E-state index contributed by atoms with van der Waals surface area (Å²) in [7, 11) is 1.60. The molecule has 1 N–H and O–H groups in total. The first kappa shape index (κ1) is 27.7. The van der Waals surface area contributed by atoms with Gasteiger partial charge in [0.05, 0.1) is 37.3 Å². The Morgan fingerprint density at radius 2 is 2.08 bits per heavy atom. The number of methoxy groups -OCH3 is 1. The summed E-state index contributed by atoms with van der Waals surface area (Å²) in [5.41, 5.74) is 2.75. The molecule has 0 aromatic carbocycles. The van der Waals surface area contributed by atoms with Gasteiger partial charge in [-0.3, -0.25) is 4.98 Å². The number of hydrogen-bond donors (Lipinski definition) is 1. The van der Waals surface area contributed by atoms with Gasteiger partial charge in [0, 0.05) is 36.7 Å². The summed E-state index contributed by atoms with van der Waals surface area (Å²) in [4.78, 5) is 28.7. The molecular formula is C28H38N6O3. The van der Waals surface area contributed by atoms with E-state index in [1.807, 2.05) is 42.8 Å². The molecule has 3 aromatic rings. The second-order valence-corrected chi connectivity index (χ2v) is 8.75. The SMILES string of the molecule is C=CCCOc1nc(-c2cc([C@@H](C)N(CC)C(=O)NC(CC=C)CCC)ncc2OC)cn2ccnc12. The number of ether oxygens (including phenoxy) is 2. The van der Waals surface area contributed by atoms with Crippen LogP contribution in [0.5, 0.6) is 11.6 Å². The van der Waals surface area contributed by atoms with Crippen LogP contribution in [0.25, 0.3) is 16.9 Å². The van der Waals surface area contributed by atoms with Crippen molar-refractivity contribution in [1.82, 2.24) is 29.6 Å². The molecule has 0 aliphatic carbocycles. The number of aromatic nitrogens is 4. The number of carbonyl (C=O) groups excluding carboxylic acids is 1. The average Bonchev–Trinajstić information content (AvgIpc) is 3.38. The fourth-order valence-electron chi connectivity index (χ4n) is 4.23. The van der Waals surface area contributed by atoms with Crippen LogP contribution in [-0.4, -0.2) is 56.6 Å². The first-order valence-corrected chi connectivity index (χ1v) is 12.8. The molecule has 37 heavy (non-hydrogen) atoms. The topological polar surface area (TPSA) is 93.9 Å². The van der Waals surface area contributed by atoms with Gasteiger partial charge in [-0.25, -0.2) is 14.8 Å². The Morgan fingerprint density at radius 1 is 1.27 bits per heavy atom. The molecule has 3 aromatic heterocycles. The van der Waals surface area contributed by atoms with Gasteiger partial charge in [0.15, 0.2) is 0 Å². The lowest BCUT2D eigenvalue weighted by Crippen LogP contribution is -2.45. The molecule has 0 saturated carbocycles. The third-order valence-electron chi connectivity index (χ3n) is 6.20. The average molecular weight is 507 g/mol. The van der Waals surface area contributed by atoms with E-state index >= 15 is 0 Å². The zero-order valence-corrected chi connectivity index (χ0v) is 22.3. The minimum atomic E-state index is -0.277. The van der Waals surface area contributed by atoms with Gasteiger partial charge < -0.3 is 24.1 Å². The maximum absolute atomic E-state index is 13.2. The van der Waals surface area contributed by atoms with Crippen molar-refractivity contribution >= 4 is 11.7 Å². The zero-order chi connectivity index (χ0) is 26.8. The molecule has 0 aliphatic heterocycles. The lowest BCUT2D eigenvalue weighted by Gasteiger charge is -2.30. The van der Waals surface area contributed by atoms with Gasteiger partial charge in [-0.05, 0) is 39.2 Å². The molecule has 0 saturated heterocycles. The number of urea groups is 1. The van der Waals surface area contributed by atoms with Crippen LogP contribution in [0.2, 0.25) is 0 Å². The van der Waals surface area contributed by atoms with Gasteiger partial charge >= 0.3 is 6.03 Å². The van der Waals surface area contributed by atoms with Crippen LogP contribution < -0.4 is 14.8 Å². The van der Waals surface area contributed by atoms with Crippen molar-refractivity contribution in [3.05, 3.63) is 61.9 Å².